The SMILES string of the molecule is CN1c2cc(C(C)(C)c3cccc(P(c4ccccc4)c4ccccc4)c3)ccc2Oc2ccc(C(C)(C)c3cccc(P(c4ccccc4)c4ccccc4)c3)cc21. The Labute approximate surface area is 352 Å². The van der Waals surface area contributed by atoms with Crippen LogP contribution in [0.2, 0.25) is 0 Å². The van der Waals surface area contributed by atoms with Gasteiger partial charge in [-0.15, -0.1) is 0 Å². The number of ether oxygens (including phenoxy) is 1. The monoisotopic (exact) mass is 801 g/mol. The molecule has 59 heavy (non-hydrogen) atoms. The number of hydrogen-bond donors (Lipinski definition) is 0. The molecule has 0 N–H and O–H groups in total. The fraction of sp³-hybridized carbons (Fsp3) is 0.127. The molecule has 8 aromatic rings. The van der Waals surface area contributed by atoms with Crippen molar-refractivity contribution in [3.05, 3.63) is 229 Å². The minimum atomic E-state index is -0.707. The minimum absolute atomic E-state index is 0.256. The molecule has 0 atom stereocenters. The first-order chi connectivity index (χ1) is 28.7. The van der Waals surface area contributed by atoms with Crippen LogP contribution in [0.4, 0.5) is 11.4 Å². The van der Waals surface area contributed by atoms with E-state index < -0.39 is 15.8 Å². The number of rotatable bonds is 10. The predicted octanol–water partition coefficient (Wildman–Crippen LogP) is 11.7. The molecule has 0 spiro atoms. The highest BCUT2D eigenvalue weighted by molar-refractivity contribution is 7.80. The van der Waals surface area contributed by atoms with Crippen molar-refractivity contribution in [1.82, 2.24) is 0 Å². The van der Waals surface area contributed by atoms with Crippen LogP contribution < -0.4 is 41.5 Å². The first kappa shape index (κ1) is 38.7. The van der Waals surface area contributed by atoms with Gasteiger partial charge in [0.2, 0.25) is 0 Å². The summed E-state index contributed by atoms with van der Waals surface area (Å²) in [7, 11) is 0.762. The van der Waals surface area contributed by atoms with E-state index in [9.17, 15) is 0 Å². The lowest BCUT2D eigenvalue weighted by atomic mass is 9.77. The van der Waals surface area contributed by atoms with Gasteiger partial charge in [0, 0.05) is 17.9 Å². The zero-order valence-corrected chi connectivity index (χ0v) is 36.2. The van der Waals surface area contributed by atoms with Crippen molar-refractivity contribution in [2.24, 2.45) is 0 Å². The maximum Gasteiger partial charge on any atom is 0.151 e. The Morgan fingerprint density at radius 2 is 0.644 bits per heavy atom. The fourth-order valence-electron chi connectivity index (χ4n) is 8.36. The second-order valence-electron chi connectivity index (χ2n) is 16.4. The summed E-state index contributed by atoms with van der Waals surface area (Å²) in [4.78, 5) is 2.31. The van der Waals surface area contributed by atoms with E-state index >= 15 is 0 Å². The van der Waals surface area contributed by atoms with Gasteiger partial charge in [-0.3, -0.25) is 0 Å². The zero-order valence-electron chi connectivity index (χ0n) is 34.4. The standard InChI is InChI=1S/C55H49NOP2/c1-54(2,40-20-18-30-48(36-40)58(44-22-10-6-11-23-44)45-24-12-7-13-25-45)42-32-34-52-50(38-42)56(5)51-39-43(33-35-53(51)57-52)55(3,4)41-21-19-31-49(37-41)59(46-26-14-8-15-27-46)47-28-16-9-17-29-47/h6-39H,1-5H3. The van der Waals surface area contributed by atoms with Gasteiger partial charge in [0.05, 0.1) is 11.4 Å². The summed E-state index contributed by atoms with van der Waals surface area (Å²) in [6.07, 6.45) is 0. The first-order valence-corrected chi connectivity index (χ1v) is 23.1. The van der Waals surface area contributed by atoms with Gasteiger partial charge in [-0.1, -0.05) is 198 Å². The summed E-state index contributed by atoms with van der Waals surface area (Å²) < 4.78 is 6.66. The second-order valence-corrected chi connectivity index (χ2v) is 20.8. The van der Waals surface area contributed by atoms with Crippen molar-refractivity contribution in [3.8, 4) is 11.5 Å². The number of hydrogen-bond acceptors (Lipinski definition) is 2. The molecule has 0 saturated heterocycles. The van der Waals surface area contributed by atoms with Crippen molar-refractivity contribution in [3.63, 3.8) is 0 Å². The van der Waals surface area contributed by atoms with Crippen LogP contribution >= 0.6 is 15.8 Å². The fourth-order valence-corrected chi connectivity index (χ4v) is 13.0. The van der Waals surface area contributed by atoms with Gasteiger partial charge in [-0.2, -0.15) is 0 Å². The molecular weight excluding hydrogens is 753 g/mol. The summed E-state index contributed by atoms with van der Waals surface area (Å²) in [6, 6.07) is 75.8. The summed E-state index contributed by atoms with van der Waals surface area (Å²) in [6.45, 7) is 9.37. The number of anilines is 2. The molecule has 0 unspecified atom stereocenters. The molecular formula is C55H49NOP2. The average molecular weight is 802 g/mol. The molecule has 1 aliphatic heterocycles. The third kappa shape index (κ3) is 7.53. The smallest absolute Gasteiger partial charge is 0.151 e. The largest absolute Gasteiger partial charge is 0.453 e. The summed E-state index contributed by atoms with van der Waals surface area (Å²) >= 11 is 0. The van der Waals surface area contributed by atoms with Crippen LogP contribution in [0.5, 0.6) is 11.5 Å². The van der Waals surface area contributed by atoms with E-state index in [1.807, 2.05) is 0 Å². The number of nitrogens with zero attached hydrogens (tertiary/aromatic N) is 1. The Kier molecular flexibility index (Phi) is 10.6. The summed E-state index contributed by atoms with van der Waals surface area (Å²) in [5, 5.41) is 8.13. The van der Waals surface area contributed by atoms with Crippen molar-refractivity contribution >= 4 is 59.0 Å². The molecule has 8 aromatic carbocycles. The van der Waals surface area contributed by atoms with E-state index in [-0.39, 0.29) is 10.8 Å². The quantitative estimate of drug-likeness (QED) is 0.128. The Hall–Kier alpha value is -5.78. The van der Waals surface area contributed by atoms with E-state index in [4.69, 9.17) is 4.74 Å². The second kappa shape index (κ2) is 16.1. The van der Waals surface area contributed by atoms with Crippen molar-refractivity contribution in [2.75, 3.05) is 11.9 Å². The van der Waals surface area contributed by atoms with Gasteiger partial charge in [0.15, 0.2) is 11.5 Å². The first-order valence-electron chi connectivity index (χ1n) is 20.4. The molecule has 0 amide bonds. The van der Waals surface area contributed by atoms with Gasteiger partial charge in [0.25, 0.3) is 0 Å². The van der Waals surface area contributed by atoms with Crippen LogP contribution in [0.25, 0.3) is 0 Å². The van der Waals surface area contributed by atoms with Crippen LogP contribution in [0.1, 0.15) is 49.9 Å². The normalized spacial score (nSPS) is 12.6. The molecule has 4 heteroatoms. The molecule has 0 aromatic heterocycles. The van der Waals surface area contributed by atoms with Crippen molar-refractivity contribution in [1.29, 1.82) is 0 Å². The lowest BCUT2D eigenvalue weighted by Gasteiger charge is -2.35. The van der Waals surface area contributed by atoms with E-state index in [0.29, 0.717) is 0 Å². The molecule has 0 saturated carbocycles. The van der Waals surface area contributed by atoms with E-state index in [0.717, 1.165) is 22.9 Å². The van der Waals surface area contributed by atoms with Crippen LogP contribution in [0, 0.1) is 0 Å². The van der Waals surface area contributed by atoms with Crippen molar-refractivity contribution < 1.29 is 4.74 Å². The highest BCUT2D eigenvalue weighted by Crippen LogP contribution is 2.49. The van der Waals surface area contributed by atoms with Gasteiger partial charge >= 0.3 is 0 Å². The van der Waals surface area contributed by atoms with E-state index in [1.165, 1.54) is 54.1 Å². The summed E-state index contributed by atoms with van der Waals surface area (Å²) in [5.41, 5.74) is 6.72. The molecule has 9 rings (SSSR count). The number of benzene rings is 8. The van der Waals surface area contributed by atoms with E-state index in [1.54, 1.807) is 0 Å². The minimum Gasteiger partial charge on any atom is -0.453 e. The van der Waals surface area contributed by atoms with Gasteiger partial charge < -0.3 is 9.64 Å². The molecule has 0 radical (unpaired) electrons. The van der Waals surface area contributed by atoms with Crippen LogP contribution in [-0.4, -0.2) is 7.05 Å². The Bertz CT molecular complexity index is 2450. The van der Waals surface area contributed by atoms with Crippen molar-refractivity contribution in [2.45, 2.75) is 38.5 Å². The van der Waals surface area contributed by atoms with Gasteiger partial charge in [-0.05, 0) is 106 Å². The molecule has 1 aliphatic rings. The summed E-state index contributed by atoms with van der Waals surface area (Å²) in [5.74, 6) is 1.75. The predicted molar refractivity (Wildman–Crippen MR) is 256 cm³/mol. The van der Waals surface area contributed by atoms with Crippen LogP contribution in [0.15, 0.2) is 206 Å². The Morgan fingerprint density at radius 1 is 0.339 bits per heavy atom. The number of fused-ring (bicyclic) bond motifs is 2. The van der Waals surface area contributed by atoms with Crippen LogP contribution in [0.3, 0.4) is 0 Å². The Balaban J connectivity index is 1.03. The highest BCUT2D eigenvalue weighted by atomic mass is 31.1. The van der Waals surface area contributed by atoms with Gasteiger partial charge in [-0.25, -0.2) is 0 Å². The maximum absolute atomic E-state index is 6.66. The average Bonchev–Trinajstić information content (AvgIpc) is 3.28. The molecule has 0 aliphatic carbocycles. The Morgan fingerprint density at radius 3 is 0.983 bits per heavy atom. The lowest BCUT2D eigenvalue weighted by molar-refractivity contribution is 0.473. The molecule has 0 fully saturated rings. The van der Waals surface area contributed by atoms with Gasteiger partial charge in [0.1, 0.15) is 0 Å². The molecule has 0 bridgehead atoms. The maximum atomic E-state index is 6.66. The van der Waals surface area contributed by atoms with E-state index in [2.05, 4.69) is 246 Å². The molecule has 1 heterocycles. The highest BCUT2D eigenvalue weighted by Gasteiger charge is 2.31. The third-order valence-corrected chi connectivity index (χ3v) is 16.9. The molecule has 2 nitrogen and oxygen atoms in total. The topological polar surface area (TPSA) is 12.5 Å². The zero-order chi connectivity index (χ0) is 40.6. The molecule has 290 valence electrons. The third-order valence-electron chi connectivity index (χ3n) is 12.0. The lowest BCUT2D eigenvalue weighted by Crippen LogP contribution is -2.25. The van der Waals surface area contributed by atoms with Crippen LogP contribution in [-0.2, 0) is 10.8 Å².